The zero-order valence-corrected chi connectivity index (χ0v) is 15.4. The van der Waals surface area contributed by atoms with E-state index < -0.39 is 0 Å². The Labute approximate surface area is 149 Å². The quantitative estimate of drug-likeness (QED) is 0.613. The van der Waals surface area contributed by atoms with Crippen molar-refractivity contribution in [1.29, 1.82) is 0 Å². The zero-order valence-electron chi connectivity index (χ0n) is 15.4. The van der Waals surface area contributed by atoms with Crippen LogP contribution >= 0.6 is 0 Å². The fourth-order valence-corrected chi connectivity index (χ4v) is 2.80. The van der Waals surface area contributed by atoms with Gasteiger partial charge in [0.15, 0.2) is 5.96 Å². The van der Waals surface area contributed by atoms with Gasteiger partial charge in [0.2, 0.25) is 5.91 Å². The van der Waals surface area contributed by atoms with Gasteiger partial charge in [-0.25, -0.2) is 0 Å². The predicted octanol–water partition coefficient (Wildman–Crippen LogP) is 0.958. The van der Waals surface area contributed by atoms with Crippen LogP contribution in [0.3, 0.4) is 0 Å². The Bertz CT molecular complexity index is 595. The normalized spacial score (nSPS) is 15.2. The molecule has 2 N–H and O–H groups in total. The summed E-state index contributed by atoms with van der Waals surface area (Å²) in [5.41, 5.74) is 0.876. The summed E-state index contributed by atoms with van der Waals surface area (Å²) < 4.78 is 0. The van der Waals surface area contributed by atoms with Crippen LogP contribution in [0.5, 0.6) is 5.75 Å². The van der Waals surface area contributed by atoms with Gasteiger partial charge >= 0.3 is 0 Å². The van der Waals surface area contributed by atoms with Crippen LogP contribution in [0, 0.1) is 0 Å². The van der Waals surface area contributed by atoms with E-state index in [2.05, 4.69) is 20.1 Å². The van der Waals surface area contributed by atoms with Crippen molar-refractivity contribution in [2.24, 2.45) is 4.99 Å². The van der Waals surface area contributed by atoms with Crippen LogP contribution in [0.15, 0.2) is 29.3 Å². The second kappa shape index (κ2) is 9.15. The van der Waals surface area contributed by atoms with Gasteiger partial charge in [0, 0.05) is 53.2 Å². The summed E-state index contributed by atoms with van der Waals surface area (Å²) in [6.45, 7) is 6.60. The average Bonchev–Trinajstić information content (AvgIpc) is 2.61. The molecule has 0 saturated carbocycles. The first-order chi connectivity index (χ1) is 12.0. The van der Waals surface area contributed by atoms with Crippen LogP contribution in [-0.4, -0.2) is 80.1 Å². The van der Waals surface area contributed by atoms with E-state index in [1.165, 1.54) is 0 Å². The number of amides is 1. The molecule has 1 aliphatic rings. The molecule has 1 fully saturated rings. The third kappa shape index (κ3) is 5.27. The third-order valence-electron chi connectivity index (χ3n) is 4.22. The maximum Gasteiger partial charge on any atom is 0.223 e. The van der Waals surface area contributed by atoms with Gasteiger partial charge in [0.25, 0.3) is 0 Å². The smallest absolute Gasteiger partial charge is 0.223 e. The van der Waals surface area contributed by atoms with E-state index in [1.54, 1.807) is 25.1 Å². The maximum absolute atomic E-state index is 11.7. The number of phenols is 1. The lowest BCUT2D eigenvalue weighted by atomic mass is 10.2. The molecule has 1 amide bonds. The number of nitrogens with one attached hydrogen (secondary N) is 1. The lowest BCUT2D eigenvalue weighted by Gasteiger charge is -2.37. The summed E-state index contributed by atoms with van der Waals surface area (Å²) >= 11 is 0. The van der Waals surface area contributed by atoms with E-state index in [9.17, 15) is 9.90 Å². The second-order valence-corrected chi connectivity index (χ2v) is 6.24. The number of nitrogens with zero attached hydrogens (tertiary/aromatic N) is 4. The Balaban J connectivity index is 1.93. The van der Waals surface area contributed by atoms with Crippen molar-refractivity contribution < 1.29 is 9.90 Å². The lowest BCUT2D eigenvalue weighted by Crippen LogP contribution is -2.52. The summed E-state index contributed by atoms with van der Waals surface area (Å²) in [6, 6.07) is 7.43. The molecule has 7 nitrogen and oxygen atoms in total. The van der Waals surface area contributed by atoms with Gasteiger partial charge in [-0.2, -0.15) is 0 Å². The number of carbonyl (C=O) groups excluding carboxylic acids is 1. The van der Waals surface area contributed by atoms with E-state index in [4.69, 9.17) is 0 Å². The fourth-order valence-electron chi connectivity index (χ4n) is 2.80. The van der Waals surface area contributed by atoms with E-state index >= 15 is 0 Å². The molecule has 0 aromatic heterocycles. The van der Waals surface area contributed by atoms with Gasteiger partial charge in [-0.15, -0.1) is 0 Å². The molecule has 0 atom stereocenters. The maximum atomic E-state index is 11.7. The Kier molecular flexibility index (Phi) is 6.91. The molecule has 0 spiro atoms. The molecule has 1 aromatic rings. The van der Waals surface area contributed by atoms with E-state index in [1.807, 2.05) is 25.1 Å². The van der Waals surface area contributed by atoms with Crippen molar-refractivity contribution in [1.82, 2.24) is 15.1 Å². The first-order valence-electron chi connectivity index (χ1n) is 8.79. The summed E-state index contributed by atoms with van der Waals surface area (Å²) in [5.74, 6) is 1.26. The summed E-state index contributed by atoms with van der Waals surface area (Å²) in [4.78, 5) is 22.3. The summed E-state index contributed by atoms with van der Waals surface area (Å²) in [5, 5.41) is 13.3. The van der Waals surface area contributed by atoms with E-state index in [0.29, 0.717) is 18.7 Å². The number of para-hydroxylation sites is 2. The van der Waals surface area contributed by atoms with Crippen molar-refractivity contribution in [2.75, 3.05) is 58.3 Å². The monoisotopic (exact) mass is 347 g/mol. The first kappa shape index (κ1) is 18.9. The molecule has 0 aliphatic carbocycles. The number of hydrogen-bond donors (Lipinski definition) is 2. The third-order valence-corrected chi connectivity index (χ3v) is 4.22. The number of rotatable bonds is 5. The second-order valence-electron chi connectivity index (χ2n) is 6.24. The van der Waals surface area contributed by atoms with Crippen LogP contribution in [0.25, 0.3) is 0 Å². The molecule has 0 bridgehead atoms. The van der Waals surface area contributed by atoms with Gasteiger partial charge in [0.1, 0.15) is 5.75 Å². The van der Waals surface area contributed by atoms with Crippen LogP contribution in [0.1, 0.15) is 13.3 Å². The minimum atomic E-state index is 0.0870. The zero-order chi connectivity index (χ0) is 18.2. The highest BCUT2D eigenvalue weighted by Crippen LogP contribution is 2.27. The predicted molar refractivity (Wildman–Crippen MR) is 101 cm³/mol. The topological polar surface area (TPSA) is 71.4 Å². The Hall–Kier alpha value is -2.44. The number of phenolic OH excluding ortho intramolecular Hbond substituents is 1. The fraction of sp³-hybridized carbons (Fsp3) is 0.556. The molecule has 1 aliphatic heterocycles. The number of carbonyl (C=O) groups is 1. The highest BCUT2D eigenvalue weighted by atomic mass is 16.3. The van der Waals surface area contributed by atoms with Crippen molar-refractivity contribution in [2.45, 2.75) is 13.3 Å². The number of guanidine groups is 1. The minimum absolute atomic E-state index is 0.0870. The Morgan fingerprint density at radius 2 is 1.92 bits per heavy atom. The van der Waals surface area contributed by atoms with Gasteiger partial charge in [-0.05, 0) is 19.1 Å². The molecule has 0 radical (unpaired) electrons. The molecule has 1 heterocycles. The van der Waals surface area contributed by atoms with Gasteiger partial charge in [-0.3, -0.25) is 9.79 Å². The first-order valence-corrected chi connectivity index (χ1v) is 8.79. The Morgan fingerprint density at radius 3 is 2.52 bits per heavy atom. The molecule has 138 valence electrons. The SMILES string of the molecule is CCNC(=NCCC(=O)N(C)C)N1CCN(c2ccccc2O)CC1. The number of hydrogen-bond acceptors (Lipinski definition) is 4. The van der Waals surface area contributed by atoms with Crippen LogP contribution in [0.2, 0.25) is 0 Å². The minimum Gasteiger partial charge on any atom is -0.506 e. The Morgan fingerprint density at radius 1 is 1.24 bits per heavy atom. The molecular weight excluding hydrogens is 318 g/mol. The van der Waals surface area contributed by atoms with Crippen LogP contribution < -0.4 is 10.2 Å². The molecule has 7 heteroatoms. The lowest BCUT2D eigenvalue weighted by molar-refractivity contribution is -0.128. The molecular formula is C18H29N5O2. The van der Waals surface area contributed by atoms with Crippen molar-refractivity contribution in [3.63, 3.8) is 0 Å². The molecule has 0 unspecified atom stereocenters. The molecule has 2 rings (SSSR count). The van der Waals surface area contributed by atoms with E-state index in [-0.39, 0.29) is 5.91 Å². The molecule has 1 saturated heterocycles. The number of anilines is 1. The van der Waals surface area contributed by atoms with Gasteiger partial charge < -0.3 is 25.1 Å². The van der Waals surface area contributed by atoms with Crippen molar-refractivity contribution in [3.8, 4) is 5.75 Å². The number of aliphatic imine (C=N–C) groups is 1. The summed E-state index contributed by atoms with van der Waals surface area (Å²) in [7, 11) is 3.52. The molecule has 1 aromatic carbocycles. The van der Waals surface area contributed by atoms with Crippen molar-refractivity contribution >= 4 is 17.6 Å². The van der Waals surface area contributed by atoms with Gasteiger partial charge in [0.05, 0.1) is 12.2 Å². The average molecular weight is 347 g/mol. The van der Waals surface area contributed by atoms with Crippen LogP contribution in [-0.2, 0) is 4.79 Å². The van der Waals surface area contributed by atoms with Crippen LogP contribution in [0.4, 0.5) is 5.69 Å². The number of benzene rings is 1. The van der Waals surface area contributed by atoms with Crippen molar-refractivity contribution in [3.05, 3.63) is 24.3 Å². The number of aromatic hydroxyl groups is 1. The molecule has 25 heavy (non-hydrogen) atoms. The highest BCUT2D eigenvalue weighted by molar-refractivity contribution is 5.81. The standard InChI is InChI=1S/C18H29N5O2/c1-4-19-18(20-10-9-17(25)21(2)3)23-13-11-22(12-14-23)15-7-5-6-8-16(15)24/h5-8,24H,4,9-14H2,1-3H3,(H,19,20). The number of piperazine rings is 1. The van der Waals surface area contributed by atoms with Gasteiger partial charge in [-0.1, -0.05) is 12.1 Å². The highest BCUT2D eigenvalue weighted by Gasteiger charge is 2.21. The largest absolute Gasteiger partial charge is 0.506 e. The van der Waals surface area contributed by atoms with E-state index in [0.717, 1.165) is 44.4 Å². The summed E-state index contributed by atoms with van der Waals surface area (Å²) in [6.07, 6.45) is 0.416.